The summed E-state index contributed by atoms with van der Waals surface area (Å²) in [4.78, 5) is 23.2. The van der Waals surface area contributed by atoms with Crippen LogP contribution in [0.25, 0.3) is 0 Å². The summed E-state index contributed by atoms with van der Waals surface area (Å²) in [5, 5.41) is 14.5. The number of halogens is 3. The first-order valence-corrected chi connectivity index (χ1v) is 8.45. The minimum Gasteiger partial charge on any atom is -0.494 e. The predicted octanol–water partition coefficient (Wildman–Crippen LogP) is 4.48. The lowest BCUT2D eigenvalue weighted by atomic mass is 10.2. The Morgan fingerprint density at radius 2 is 1.69 bits per heavy atom. The van der Waals surface area contributed by atoms with Gasteiger partial charge in [-0.2, -0.15) is 0 Å². The van der Waals surface area contributed by atoms with Crippen molar-refractivity contribution in [2.24, 2.45) is 0 Å². The van der Waals surface area contributed by atoms with Crippen molar-refractivity contribution in [3.8, 4) is 5.75 Å². The molecule has 0 unspecified atom stereocenters. The molecular formula is C16H11Cl3N2O4S. The van der Waals surface area contributed by atoms with Gasteiger partial charge in [0.2, 0.25) is 0 Å². The molecule has 10 heteroatoms. The Bertz CT molecular complexity index is 882. The fourth-order valence-corrected chi connectivity index (χ4v) is 3.10. The maximum Gasteiger partial charge on any atom is 0.337 e. The van der Waals surface area contributed by atoms with Gasteiger partial charge in [-0.25, -0.2) is 4.79 Å². The molecule has 3 N–H and O–H groups in total. The lowest BCUT2D eigenvalue weighted by molar-refractivity contribution is 0.0697. The molecule has 0 saturated carbocycles. The Labute approximate surface area is 169 Å². The molecule has 2 rings (SSSR count). The maximum atomic E-state index is 12.3. The summed E-state index contributed by atoms with van der Waals surface area (Å²) in [6.07, 6.45) is 0. The summed E-state index contributed by atoms with van der Waals surface area (Å²) < 4.78 is 5.02. The highest BCUT2D eigenvalue weighted by Crippen LogP contribution is 2.33. The molecule has 1 amide bonds. The Morgan fingerprint density at radius 3 is 2.19 bits per heavy atom. The number of benzene rings is 2. The number of amides is 1. The molecule has 136 valence electrons. The van der Waals surface area contributed by atoms with E-state index in [2.05, 4.69) is 10.6 Å². The molecule has 0 aliphatic carbocycles. The van der Waals surface area contributed by atoms with Crippen LogP contribution in [0.1, 0.15) is 20.7 Å². The van der Waals surface area contributed by atoms with Gasteiger partial charge in [-0.15, -0.1) is 0 Å². The van der Waals surface area contributed by atoms with Crippen LogP contribution in [0, 0.1) is 0 Å². The van der Waals surface area contributed by atoms with Crippen molar-refractivity contribution in [2.45, 2.75) is 0 Å². The van der Waals surface area contributed by atoms with Gasteiger partial charge in [0.25, 0.3) is 5.91 Å². The van der Waals surface area contributed by atoms with E-state index in [9.17, 15) is 9.59 Å². The summed E-state index contributed by atoms with van der Waals surface area (Å²) in [7, 11) is 1.41. The number of anilines is 1. The zero-order chi connectivity index (χ0) is 19.4. The van der Waals surface area contributed by atoms with Gasteiger partial charge in [0.1, 0.15) is 0 Å². The van der Waals surface area contributed by atoms with Gasteiger partial charge < -0.3 is 15.2 Å². The second-order valence-corrected chi connectivity index (χ2v) is 6.51. The Kier molecular flexibility index (Phi) is 6.66. The Morgan fingerprint density at radius 1 is 1.08 bits per heavy atom. The zero-order valence-corrected chi connectivity index (χ0v) is 16.2. The van der Waals surface area contributed by atoms with Crippen molar-refractivity contribution in [1.82, 2.24) is 5.32 Å². The molecule has 0 aromatic heterocycles. The van der Waals surface area contributed by atoms with Gasteiger partial charge in [-0.1, -0.05) is 34.8 Å². The van der Waals surface area contributed by atoms with Crippen LogP contribution >= 0.6 is 47.0 Å². The van der Waals surface area contributed by atoms with E-state index in [-0.39, 0.29) is 37.1 Å². The molecule has 0 heterocycles. The van der Waals surface area contributed by atoms with Crippen molar-refractivity contribution in [3.63, 3.8) is 0 Å². The molecule has 0 radical (unpaired) electrons. The average molecular weight is 434 g/mol. The predicted molar refractivity (Wildman–Crippen MR) is 105 cm³/mol. The number of carbonyl (C=O) groups is 2. The highest BCUT2D eigenvalue weighted by atomic mass is 35.5. The minimum absolute atomic E-state index is 0.0165. The van der Waals surface area contributed by atoms with E-state index in [0.717, 1.165) is 0 Å². The SMILES string of the molecule is COc1c(Cl)cc(C(=O)NC(=S)Nc2ccc(C(=O)O)c(Cl)c2)cc1Cl. The van der Waals surface area contributed by atoms with Crippen LogP contribution in [0.2, 0.25) is 15.1 Å². The molecule has 0 bridgehead atoms. The van der Waals surface area contributed by atoms with Gasteiger partial charge in [0.15, 0.2) is 10.9 Å². The van der Waals surface area contributed by atoms with Crippen molar-refractivity contribution < 1.29 is 19.4 Å². The van der Waals surface area contributed by atoms with Crippen molar-refractivity contribution in [2.75, 3.05) is 12.4 Å². The Balaban J connectivity index is 2.09. The number of methoxy groups -OCH3 is 1. The number of aromatic carboxylic acids is 1. The largest absolute Gasteiger partial charge is 0.494 e. The molecule has 6 nitrogen and oxygen atoms in total. The van der Waals surface area contributed by atoms with Gasteiger partial charge in [-0.3, -0.25) is 10.1 Å². The topological polar surface area (TPSA) is 87.7 Å². The highest BCUT2D eigenvalue weighted by molar-refractivity contribution is 7.80. The normalized spacial score (nSPS) is 10.2. The molecule has 0 saturated heterocycles. The molecular weight excluding hydrogens is 423 g/mol. The molecule has 0 aliphatic heterocycles. The second-order valence-electron chi connectivity index (χ2n) is 4.88. The van der Waals surface area contributed by atoms with Crippen LogP contribution in [0.5, 0.6) is 5.75 Å². The van der Waals surface area contributed by atoms with E-state index in [4.69, 9.17) is 56.9 Å². The molecule has 0 spiro atoms. The van der Waals surface area contributed by atoms with Crippen molar-refractivity contribution >= 4 is 69.7 Å². The van der Waals surface area contributed by atoms with Gasteiger partial charge >= 0.3 is 5.97 Å². The minimum atomic E-state index is -1.15. The number of nitrogens with one attached hydrogen (secondary N) is 2. The fourth-order valence-electron chi connectivity index (χ4n) is 1.99. The summed E-state index contributed by atoms with van der Waals surface area (Å²) >= 11 is 22.9. The summed E-state index contributed by atoms with van der Waals surface area (Å²) in [5.41, 5.74) is 0.551. The van der Waals surface area contributed by atoms with Gasteiger partial charge in [0.05, 0.1) is 27.7 Å². The molecule has 2 aromatic rings. The fraction of sp³-hybridized carbons (Fsp3) is 0.0625. The van der Waals surface area contributed by atoms with Gasteiger partial charge in [-0.05, 0) is 42.5 Å². The number of carboxylic acid groups (broad SMARTS) is 1. The number of hydrogen-bond acceptors (Lipinski definition) is 4. The quantitative estimate of drug-likeness (QED) is 0.616. The van der Waals surface area contributed by atoms with Crippen LogP contribution in [0.3, 0.4) is 0 Å². The first kappa shape index (κ1) is 20.3. The van der Waals surface area contributed by atoms with E-state index >= 15 is 0 Å². The summed E-state index contributed by atoms with van der Waals surface area (Å²) in [6.45, 7) is 0. The molecule has 0 atom stereocenters. The Hall–Kier alpha value is -2.06. The monoisotopic (exact) mass is 432 g/mol. The van der Waals surface area contributed by atoms with Crippen LogP contribution in [0.15, 0.2) is 30.3 Å². The number of carbonyl (C=O) groups excluding carboxylic acids is 1. The summed E-state index contributed by atoms with van der Waals surface area (Å²) in [6, 6.07) is 6.95. The van der Waals surface area contributed by atoms with Crippen LogP contribution in [-0.4, -0.2) is 29.2 Å². The lowest BCUT2D eigenvalue weighted by Gasteiger charge is -2.12. The van der Waals surface area contributed by atoms with E-state index in [1.165, 1.54) is 37.4 Å². The number of ether oxygens (including phenoxy) is 1. The number of carboxylic acids is 1. The average Bonchev–Trinajstić information content (AvgIpc) is 2.54. The third-order valence-corrected chi connectivity index (χ3v) is 4.23. The number of rotatable bonds is 4. The van der Waals surface area contributed by atoms with Crippen LogP contribution in [0.4, 0.5) is 5.69 Å². The van der Waals surface area contributed by atoms with E-state index < -0.39 is 11.9 Å². The number of hydrogen-bond donors (Lipinski definition) is 3. The van der Waals surface area contributed by atoms with Crippen LogP contribution in [-0.2, 0) is 0 Å². The third kappa shape index (κ3) is 4.76. The molecule has 26 heavy (non-hydrogen) atoms. The van der Waals surface area contributed by atoms with Crippen LogP contribution < -0.4 is 15.4 Å². The highest BCUT2D eigenvalue weighted by Gasteiger charge is 2.15. The van der Waals surface area contributed by atoms with E-state index in [1.807, 2.05) is 0 Å². The second kappa shape index (κ2) is 8.55. The zero-order valence-electron chi connectivity index (χ0n) is 13.1. The number of thiocarbonyl (C=S) groups is 1. The molecule has 0 fully saturated rings. The van der Waals surface area contributed by atoms with E-state index in [0.29, 0.717) is 5.69 Å². The van der Waals surface area contributed by atoms with Crippen molar-refractivity contribution in [3.05, 3.63) is 56.5 Å². The standard InChI is InChI=1S/C16H11Cl3N2O4S/c1-25-13-11(18)4-7(5-12(13)19)14(22)21-16(26)20-8-2-3-9(15(23)24)10(17)6-8/h2-6H,1H3,(H,23,24)(H2,20,21,22,26). The smallest absolute Gasteiger partial charge is 0.337 e. The maximum absolute atomic E-state index is 12.3. The van der Waals surface area contributed by atoms with E-state index in [1.54, 1.807) is 0 Å². The lowest BCUT2D eigenvalue weighted by Crippen LogP contribution is -2.34. The van der Waals surface area contributed by atoms with Crippen molar-refractivity contribution in [1.29, 1.82) is 0 Å². The van der Waals surface area contributed by atoms with Gasteiger partial charge in [0, 0.05) is 11.3 Å². The molecule has 0 aliphatic rings. The third-order valence-electron chi connectivity index (χ3n) is 3.15. The molecule has 2 aromatic carbocycles. The summed E-state index contributed by atoms with van der Waals surface area (Å²) in [5.74, 6) is -1.42. The first-order valence-electron chi connectivity index (χ1n) is 6.91. The first-order chi connectivity index (χ1) is 12.2.